The summed E-state index contributed by atoms with van der Waals surface area (Å²) < 4.78 is 5.81. The van der Waals surface area contributed by atoms with Crippen molar-refractivity contribution in [2.75, 3.05) is 36.4 Å². The highest BCUT2D eigenvalue weighted by atomic mass is 16.5. The maximum Gasteiger partial charge on any atom is 0.276 e. The lowest BCUT2D eigenvalue weighted by Gasteiger charge is -2.36. The third kappa shape index (κ3) is 5.05. The summed E-state index contributed by atoms with van der Waals surface area (Å²) in [5, 5.41) is 11.0. The predicted molar refractivity (Wildman–Crippen MR) is 144 cm³/mol. The van der Waals surface area contributed by atoms with Crippen LogP contribution in [-0.4, -0.2) is 69.4 Å². The highest BCUT2D eigenvalue weighted by Gasteiger charge is 2.23. The molecule has 6 rings (SSSR count). The van der Waals surface area contributed by atoms with Crippen LogP contribution in [0, 0.1) is 0 Å². The Kier molecular flexibility index (Phi) is 6.31. The van der Waals surface area contributed by atoms with E-state index >= 15 is 0 Å². The van der Waals surface area contributed by atoms with Crippen LogP contribution in [0.2, 0.25) is 0 Å². The summed E-state index contributed by atoms with van der Waals surface area (Å²) in [5.74, 6) is 0.594. The Balaban J connectivity index is 1.19. The minimum atomic E-state index is -0.281. The Labute approximate surface area is 215 Å². The van der Waals surface area contributed by atoms with Gasteiger partial charge < -0.3 is 15.0 Å². The van der Waals surface area contributed by atoms with Crippen molar-refractivity contribution in [1.29, 1.82) is 0 Å². The van der Waals surface area contributed by atoms with Gasteiger partial charge in [-0.25, -0.2) is 4.98 Å². The second-order valence-electron chi connectivity index (χ2n) is 10.1. The molecule has 37 heavy (non-hydrogen) atoms. The number of nitrogens with one attached hydrogen (secondary N) is 2. The fraction of sp³-hybridized carbons (Fsp3) is 0.357. The molecule has 2 aliphatic heterocycles. The molecule has 9 nitrogen and oxygen atoms in total. The minimum absolute atomic E-state index is 0.154. The monoisotopic (exact) mass is 497 g/mol. The molecule has 2 aliphatic rings. The zero-order valence-electron chi connectivity index (χ0n) is 21.1. The lowest BCUT2D eigenvalue weighted by atomic mass is 10.0. The highest BCUT2D eigenvalue weighted by Crippen LogP contribution is 2.27. The van der Waals surface area contributed by atoms with Crippen molar-refractivity contribution in [3.63, 3.8) is 0 Å². The van der Waals surface area contributed by atoms with E-state index in [-0.39, 0.29) is 18.1 Å². The Morgan fingerprint density at radius 1 is 1.05 bits per heavy atom. The topological polar surface area (TPSA) is 99.3 Å². The zero-order valence-corrected chi connectivity index (χ0v) is 21.1. The first-order valence-corrected chi connectivity index (χ1v) is 12.8. The van der Waals surface area contributed by atoms with Crippen LogP contribution < -0.4 is 10.2 Å². The molecule has 2 N–H and O–H groups in total. The zero-order chi connectivity index (χ0) is 25.4. The van der Waals surface area contributed by atoms with Gasteiger partial charge in [0.15, 0.2) is 5.69 Å². The van der Waals surface area contributed by atoms with Crippen molar-refractivity contribution in [3.05, 3.63) is 66.2 Å². The van der Waals surface area contributed by atoms with Gasteiger partial charge in [0.2, 0.25) is 0 Å². The number of benzene rings is 1. The summed E-state index contributed by atoms with van der Waals surface area (Å²) in [6, 6.07) is 12.0. The third-order valence-electron chi connectivity index (χ3n) is 7.01. The summed E-state index contributed by atoms with van der Waals surface area (Å²) in [4.78, 5) is 26.8. The van der Waals surface area contributed by atoms with E-state index in [1.165, 1.54) is 12.0 Å². The normalized spacial score (nSPS) is 20.1. The lowest BCUT2D eigenvalue weighted by Crippen LogP contribution is -2.45. The van der Waals surface area contributed by atoms with Crippen molar-refractivity contribution in [2.45, 2.75) is 39.0 Å². The van der Waals surface area contributed by atoms with E-state index in [1.807, 2.05) is 42.7 Å². The van der Waals surface area contributed by atoms with Gasteiger partial charge in [-0.15, -0.1) is 0 Å². The quantitative estimate of drug-likeness (QED) is 0.414. The number of fused-ring (bicyclic) bond motifs is 1. The first-order chi connectivity index (χ1) is 18.0. The molecule has 190 valence electrons. The molecule has 0 spiro atoms. The number of carbonyl (C=O) groups excluding carboxylic acids is 1. The standard InChI is InChI=1S/C28H31N7O2/c1-18-15-35(16-19(2)37-18)26-7-5-23(14-30-26)31-28(36)27-24-11-21(4-6-25(24)32-33-27)22-10-20(12-29-13-22)17-34-8-3-9-34/h4-7,10-14,18-19H,3,8-9,15-17H2,1-2H3,(H,31,36)(H,32,33). The molecule has 2 saturated heterocycles. The highest BCUT2D eigenvalue weighted by molar-refractivity contribution is 6.11. The number of anilines is 2. The third-order valence-corrected chi connectivity index (χ3v) is 7.01. The molecular formula is C28H31N7O2. The van der Waals surface area contributed by atoms with Gasteiger partial charge in [0.25, 0.3) is 5.91 Å². The van der Waals surface area contributed by atoms with Crippen LogP contribution in [0.1, 0.15) is 36.3 Å². The number of morpholine rings is 1. The number of rotatable bonds is 6. The summed E-state index contributed by atoms with van der Waals surface area (Å²) in [7, 11) is 0. The van der Waals surface area contributed by atoms with Crippen LogP contribution >= 0.6 is 0 Å². The molecule has 1 amide bonds. The van der Waals surface area contributed by atoms with Gasteiger partial charge >= 0.3 is 0 Å². The summed E-state index contributed by atoms with van der Waals surface area (Å²) in [6.07, 6.45) is 7.05. The number of carbonyl (C=O) groups is 1. The maximum absolute atomic E-state index is 13.2. The number of nitrogens with zero attached hydrogens (tertiary/aromatic N) is 5. The number of hydrogen-bond donors (Lipinski definition) is 2. The predicted octanol–water partition coefficient (Wildman–Crippen LogP) is 4.09. The smallest absolute Gasteiger partial charge is 0.276 e. The molecule has 3 aromatic heterocycles. The van der Waals surface area contributed by atoms with E-state index in [9.17, 15) is 4.79 Å². The number of H-pyrrole nitrogens is 1. The summed E-state index contributed by atoms with van der Waals surface area (Å²) >= 11 is 0. The van der Waals surface area contributed by atoms with Gasteiger partial charge in [0, 0.05) is 43.0 Å². The molecule has 4 aromatic rings. The van der Waals surface area contributed by atoms with E-state index < -0.39 is 0 Å². The Morgan fingerprint density at radius 3 is 2.62 bits per heavy atom. The van der Waals surface area contributed by atoms with Crippen LogP contribution in [0.5, 0.6) is 0 Å². The fourth-order valence-corrected chi connectivity index (χ4v) is 5.10. The second kappa shape index (κ2) is 9.91. The van der Waals surface area contributed by atoms with E-state index in [1.54, 1.807) is 6.20 Å². The van der Waals surface area contributed by atoms with Crippen molar-refractivity contribution in [2.24, 2.45) is 0 Å². The molecule has 9 heteroatoms. The molecular weight excluding hydrogens is 466 g/mol. The van der Waals surface area contributed by atoms with Gasteiger partial charge in [0.1, 0.15) is 5.82 Å². The van der Waals surface area contributed by atoms with E-state index in [0.717, 1.165) is 60.6 Å². The number of hydrogen-bond acceptors (Lipinski definition) is 7. The number of aromatic nitrogens is 4. The van der Waals surface area contributed by atoms with E-state index in [2.05, 4.69) is 55.2 Å². The van der Waals surface area contributed by atoms with Crippen LogP contribution in [0.4, 0.5) is 11.5 Å². The maximum atomic E-state index is 13.2. The number of likely N-dealkylation sites (tertiary alicyclic amines) is 1. The van der Waals surface area contributed by atoms with Crippen molar-refractivity contribution in [3.8, 4) is 11.1 Å². The first-order valence-electron chi connectivity index (χ1n) is 12.8. The average molecular weight is 498 g/mol. The molecule has 0 aliphatic carbocycles. The van der Waals surface area contributed by atoms with Gasteiger partial charge in [-0.1, -0.05) is 6.07 Å². The second-order valence-corrected chi connectivity index (χ2v) is 10.1. The van der Waals surface area contributed by atoms with Crippen LogP contribution in [-0.2, 0) is 11.3 Å². The molecule has 0 radical (unpaired) electrons. The Bertz CT molecular complexity index is 1400. The minimum Gasteiger partial charge on any atom is -0.372 e. The molecule has 2 atom stereocenters. The van der Waals surface area contributed by atoms with Crippen LogP contribution in [0.25, 0.3) is 22.0 Å². The van der Waals surface area contributed by atoms with Gasteiger partial charge in [-0.05, 0) is 74.8 Å². The summed E-state index contributed by atoms with van der Waals surface area (Å²) in [5.41, 5.74) is 5.00. The number of amides is 1. The number of ether oxygens (including phenoxy) is 1. The molecule has 0 bridgehead atoms. The first kappa shape index (κ1) is 23.6. The molecule has 5 heterocycles. The van der Waals surface area contributed by atoms with Crippen molar-refractivity contribution >= 4 is 28.3 Å². The molecule has 2 unspecified atom stereocenters. The van der Waals surface area contributed by atoms with Gasteiger partial charge in [0.05, 0.1) is 29.6 Å². The van der Waals surface area contributed by atoms with Crippen molar-refractivity contribution < 1.29 is 9.53 Å². The van der Waals surface area contributed by atoms with Crippen LogP contribution in [0.15, 0.2) is 55.0 Å². The lowest BCUT2D eigenvalue weighted by molar-refractivity contribution is -0.00545. The fourth-order valence-electron chi connectivity index (χ4n) is 5.10. The SMILES string of the molecule is CC1CN(c2ccc(NC(=O)c3n[nH]c4ccc(-c5cncc(CN6CCC6)c5)cc34)cn2)CC(C)O1. The number of pyridine rings is 2. The van der Waals surface area contributed by atoms with Gasteiger partial charge in [-0.2, -0.15) is 5.10 Å². The Hall–Kier alpha value is -3.82. The number of aromatic amines is 1. The molecule has 1 aromatic carbocycles. The molecule has 0 saturated carbocycles. The van der Waals surface area contributed by atoms with Gasteiger partial charge in [-0.3, -0.25) is 19.8 Å². The van der Waals surface area contributed by atoms with E-state index in [4.69, 9.17) is 4.74 Å². The van der Waals surface area contributed by atoms with Crippen molar-refractivity contribution in [1.82, 2.24) is 25.1 Å². The summed E-state index contributed by atoms with van der Waals surface area (Å²) in [6.45, 7) is 8.93. The van der Waals surface area contributed by atoms with E-state index in [0.29, 0.717) is 11.4 Å². The molecule has 2 fully saturated rings. The Morgan fingerprint density at radius 2 is 1.89 bits per heavy atom. The van der Waals surface area contributed by atoms with Crippen LogP contribution in [0.3, 0.4) is 0 Å². The average Bonchev–Trinajstić information content (AvgIpc) is 3.30. The largest absolute Gasteiger partial charge is 0.372 e.